The van der Waals surface area contributed by atoms with Gasteiger partial charge in [-0.2, -0.15) is 5.10 Å². The molecule has 0 atom stereocenters. The Hall–Kier alpha value is -3.75. The highest BCUT2D eigenvalue weighted by Crippen LogP contribution is 2.26. The van der Waals surface area contributed by atoms with Crippen molar-refractivity contribution in [3.05, 3.63) is 63.7 Å². The topological polar surface area (TPSA) is 117 Å². The molecule has 1 fully saturated rings. The molecule has 9 nitrogen and oxygen atoms in total. The lowest BCUT2D eigenvalue weighted by atomic mass is 10.1. The minimum Gasteiger partial charge on any atom is -0.371 e. The highest BCUT2D eigenvalue weighted by Gasteiger charge is 2.16. The van der Waals surface area contributed by atoms with Gasteiger partial charge in [0.2, 0.25) is 5.91 Å². The Morgan fingerprint density at radius 2 is 1.84 bits per heavy atom. The molecule has 2 aromatic carbocycles. The third kappa shape index (κ3) is 6.11. The van der Waals surface area contributed by atoms with Crippen molar-refractivity contribution in [1.82, 2.24) is 5.43 Å². The van der Waals surface area contributed by atoms with Crippen LogP contribution < -0.4 is 15.6 Å². The van der Waals surface area contributed by atoms with Crippen LogP contribution in [0.15, 0.2) is 47.6 Å². The summed E-state index contributed by atoms with van der Waals surface area (Å²) in [5, 5.41) is 17.9. The average Bonchev–Trinajstić information content (AvgIpc) is 3.02. The summed E-state index contributed by atoms with van der Waals surface area (Å²) >= 11 is 0. The number of rotatable bonds is 6. The average molecular weight is 423 g/mol. The van der Waals surface area contributed by atoms with Crippen LogP contribution in [0.4, 0.5) is 17.1 Å². The lowest BCUT2D eigenvalue weighted by molar-refractivity contribution is -0.384. The van der Waals surface area contributed by atoms with E-state index in [1.165, 1.54) is 38.1 Å². The van der Waals surface area contributed by atoms with Crippen LogP contribution >= 0.6 is 0 Å². The van der Waals surface area contributed by atoms with E-state index in [0.717, 1.165) is 31.6 Å². The molecule has 0 aliphatic carbocycles. The molecule has 31 heavy (non-hydrogen) atoms. The van der Waals surface area contributed by atoms with Crippen molar-refractivity contribution in [3.8, 4) is 0 Å². The highest BCUT2D eigenvalue weighted by atomic mass is 16.6. The Morgan fingerprint density at radius 3 is 2.52 bits per heavy atom. The van der Waals surface area contributed by atoms with Crippen molar-refractivity contribution in [2.45, 2.75) is 32.6 Å². The summed E-state index contributed by atoms with van der Waals surface area (Å²) in [6.07, 6.45) is 5.90. The Balaban J connectivity index is 1.78. The number of nitro groups is 1. The molecule has 1 aliphatic rings. The summed E-state index contributed by atoms with van der Waals surface area (Å²) in [5.74, 6) is -0.688. The lowest BCUT2D eigenvalue weighted by Gasteiger charge is -2.24. The van der Waals surface area contributed by atoms with Crippen LogP contribution in [-0.4, -0.2) is 36.0 Å². The highest BCUT2D eigenvalue weighted by molar-refractivity contribution is 5.97. The summed E-state index contributed by atoms with van der Waals surface area (Å²) in [5.41, 5.74) is 4.68. The number of nitrogens with one attached hydrogen (secondary N) is 2. The summed E-state index contributed by atoms with van der Waals surface area (Å²) in [6, 6.07) is 11.2. The number of nitro benzene ring substituents is 1. The number of non-ortho nitro benzene ring substituents is 1. The zero-order valence-corrected chi connectivity index (χ0v) is 17.3. The van der Waals surface area contributed by atoms with Gasteiger partial charge in [0, 0.05) is 54.6 Å². The number of hydrogen-bond donors (Lipinski definition) is 2. The number of benzene rings is 2. The first kappa shape index (κ1) is 21.9. The molecule has 0 radical (unpaired) electrons. The summed E-state index contributed by atoms with van der Waals surface area (Å²) in [4.78, 5) is 36.6. The number of carbonyl (C=O) groups is 2. The van der Waals surface area contributed by atoms with Gasteiger partial charge in [-0.1, -0.05) is 18.9 Å². The van der Waals surface area contributed by atoms with E-state index in [0.29, 0.717) is 16.8 Å². The fourth-order valence-electron chi connectivity index (χ4n) is 3.52. The van der Waals surface area contributed by atoms with Crippen molar-refractivity contribution >= 4 is 35.1 Å². The van der Waals surface area contributed by atoms with Crippen molar-refractivity contribution in [1.29, 1.82) is 0 Å². The van der Waals surface area contributed by atoms with Gasteiger partial charge in [-0.25, -0.2) is 5.43 Å². The Morgan fingerprint density at radius 1 is 1.10 bits per heavy atom. The number of anilines is 2. The molecular formula is C22H25N5O4. The fourth-order valence-corrected chi connectivity index (χ4v) is 3.52. The van der Waals surface area contributed by atoms with E-state index >= 15 is 0 Å². The Bertz CT molecular complexity index is 997. The van der Waals surface area contributed by atoms with Crippen molar-refractivity contribution in [2.75, 3.05) is 23.3 Å². The summed E-state index contributed by atoms with van der Waals surface area (Å²) in [7, 11) is 0. The van der Waals surface area contributed by atoms with Gasteiger partial charge in [-0.05, 0) is 37.1 Å². The Labute approximate surface area is 180 Å². The normalized spacial score (nSPS) is 14.2. The number of nitrogens with zero attached hydrogens (tertiary/aromatic N) is 3. The second-order valence-electron chi connectivity index (χ2n) is 7.36. The zero-order valence-electron chi connectivity index (χ0n) is 17.3. The second kappa shape index (κ2) is 10.3. The minimum absolute atomic E-state index is 0.0330. The molecular weight excluding hydrogens is 398 g/mol. The van der Waals surface area contributed by atoms with Crippen LogP contribution in [-0.2, 0) is 4.79 Å². The third-order valence-electron chi connectivity index (χ3n) is 4.98. The van der Waals surface area contributed by atoms with Crippen LogP contribution in [0.1, 0.15) is 48.5 Å². The van der Waals surface area contributed by atoms with Crippen molar-refractivity contribution in [2.24, 2.45) is 5.10 Å². The van der Waals surface area contributed by atoms with Crippen LogP contribution in [0.2, 0.25) is 0 Å². The lowest BCUT2D eigenvalue weighted by Crippen LogP contribution is -2.25. The summed E-state index contributed by atoms with van der Waals surface area (Å²) < 4.78 is 0. The fraction of sp³-hybridized carbons (Fsp3) is 0.318. The summed E-state index contributed by atoms with van der Waals surface area (Å²) in [6.45, 7) is 3.14. The minimum atomic E-state index is -0.454. The molecule has 3 rings (SSSR count). The first-order chi connectivity index (χ1) is 14.9. The molecule has 0 unspecified atom stereocenters. The number of amides is 2. The largest absolute Gasteiger partial charge is 0.371 e. The van der Waals surface area contributed by atoms with Gasteiger partial charge in [-0.15, -0.1) is 0 Å². The zero-order chi connectivity index (χ0) is 22.2. The van der Waals surface area contributed by atoms with Crippen LogP contribution in [0.25, 0.3) is 0 Å². The van der Waals surface area contributed by atoms with Gasteiger partial charge in [0.25, 0.3) is 11.6 Å². The molecule has 2 amide bonds. The third-order valence-corrected chi connectivity index (χ3v) is 4.98. The molecule has 1 saturated heterocycles. The van der Waals surface area contributed by atoms with E-state index in [4.69, 9.17) is 0 Å². The molecule has 0 aromatic heterocycles. The maximum Gasteiger partial charge on any atom is 0.271 e. The first-order valence-electron chi connectivity index (χ1n) is 10.2. The van der Waals surface area contributed by atoms with E-state index < -0.39 is 10.8 Å². The number of hydrogen-bond acceptors (Lipinski definition) is 6. The standard InChI is InChI=1S/C22H25N5O4/c1-16(28)24-19-8-6-7-17(13-19)22(29)25-23-15-18-14-20(27(30)31)9-10-21(18)26-11-4-2-3-5-12-26/h6-10,13-15H,2-5,11-12H2,1H3,(H,24,28)(H,25,29). The van der Waals surface area contributed by atoms with Crippen LogP contribution in [0.5, 0.6) is 0 Å². The SMILES string of the molecule is CC(=O)Nc1cccc(C(=O)NN=Cc2cc([N+](=O)[O-])ccc2N2CCCCCC2)c1. The monoisotopic (exact) mass is 423 g/mol. The van der Waals surface area contributed by atoms with E-state index in [1.54, 1.807) is 30.3 Å². The Kier molecular flexibility index (Phi) is 7.31. The second-order valence-corrected chi connectivity index (χ2v) is 7.36. The number of carbonyl (C=O) groups excluding carboxylic acids is 2. The molecule has 1 aliphatic heterocycles. The molecule has 0 bridgehead atoms. The maximum absolute atomic E-state index is 12.4. The van der Waals surface area contributed by atoms with Crippen molar-refractivity contribution < 1.29 is 14.5 Å². The smallest absolute Gasteiger partial charge is 0.271 e. The quantitative estimate of drug-likeness (QED) is 0.417. The molecule has 2 aromatic rings. The molecule has 2 N–H and O–H groups in total. The molecule has 162 valence electrons. The van der Waals surface area contributed by atoms with E-state index in [-0.39, 0.29) is 11.6 Å². The number of hydrazone groups is 1. The van der Waals surface area contributed by atoms with Crippen LogP contribution in [0, 0.1) is 10.1 Å². The van der Waals surface area contributed by atoms with Crippen molar-refractivity contribution in [3.63, 3.8) is 0 Å². The molecule has 0 saturated carbocycles. The predicted octanol–water partition coefficient (Wildman–Crippen LogP) is 3.70. The molecule has 1 heterocycles. The van der Waals surface area contributed by atoms with Gasteiger partial charge >= 0.3 is 0 Å². The van der Waals surface area contributed by atoms with Gasteiger partial charge < -0.3 is 10.2 Å². The van der Waals surface area contributed by atoms with Gasteiger partial charge in [-0.3, -0.25) is 19.7 Å². The van der Waals surface area contributed by atoms with Gasteiger partial charge in [0.05, 0.1) is 11.1 Å². The van der Waals surface area contributed by atoms with Gasteiger partial charge in [0.15, 0.2) is 0 Å². The predicted molar refractivity (Wildman–Crippen MR) is 120 cm³/mol. The van der Waals surface area contributed by atoms with Gasteiger partial charge in [0.1, 0.15) is 0 Å². The molecule has 9 heteroatoms. The molecule has 0 spiro atoms. The first-order valence-corrected chi connectivity index (χ1v) is 10.2. The van der Waals surface area contributed by atoms with E-state index in [2.05, 4.69) is 20.7 Å². The van der Waals surface area contributed by atoms with E-state index in [9.17, 15) is 19.7 Å². The maximum atomic E-state index is 12.4. The van der Waals surface area contributed by atoms with E-state index in [1.807, 2.05) is 0 Å². The van der Waals surface area contributed by atoms with Crippen LogP contribution in [0.3, 0.4) is 0 Å².